The van der Waals surface area contributed by atoms with Gasteiger partial charge >= 0.3 is 0 Å². The molecule has 0 fully saturated rings. The molecule has 1 N–H and O–H groups in total. The summed E-state index contributed by atoms with van der Waals surface area (Å²) in [5, 5.41) is 12.9. The van der Waals surface area contributed by atoms with Crippen LogP contribution in [0.25, 0.3) is 16.3 Å². The van der Waals surface area contributed by atoms with Crippen molar-refractivity contribution in [3.05, 3.63) is 60.1 Å². The number of thiazole rings is 1. The van der Waals surface area contributed by atoms with E-state index in [-0.39, 0.29) is 11.4 Å². The van der Waals surface area contributed by atoms with Crippen LogP contribution in [0.4, 0.5) is 10.1 Å². The Morgan fingerprint density at radius 3 is 2.88 bits per heavy atom. The number of benzene rings is 1. The average molecular weight is 369 g/mol. The molecule has 0 bridgehead atoms. The number of rotatable bonds is 4. The van der Waals surface area contributed by atoms with Gasteiger partial charge in [0.2, 0.25) is 0 Å². The minimum atomic E-state index is -0.525. The second-order valence-corrected chi connectivity index (χ2v) is 6.26. The highest BCUT2D eigenvalue weighted by Crippen LogP contribution is 2.24. The molecule has 3 aromatic heterocycles. The number of aromatic nitrogens is 6. The van der Waals surface area contributed by atoms with E-state index >= 15 is 0 Å². The van der Waals surface area contributed by atoms with E-state index in [2.05, 4.69) is 25.5 Å². The summed E-state index contributed by atoms with van der Waals surface area (Å²) in [5.41, 5.74) is 1.66. The first kappa shape index (κ1) is 16.1. The van der Waals surface area contributed by atoms with Crippen molar-refractivity contribution in [2.75, 3.05) is 5.32 Å². The van der Waals surface area contributed by atoms with Gasteiger partial charge in [-0.25, -0.2) is 19.0 Å². The number of nitrogens with zero attached hydrogens (tertiary/aromatic N) is 6. The van der Waals surface area contributed by atoms with E-state index in [4.69, 9.17) is 0 Å². The summed E-state index contributed by atoms with van der Waals surface area (Å²) in [6.07, 6.45) is 6.21. The van der Waals surface area contributed by atoms with Crippen molar-refractivity contribution < 1.29 is 9.18 Å². The Kier molecular flexibility index (Phi) is 4.01. The predicted molar refractivity (Wildman–Crippen MR) is 93.6 cm³/mol. The molecule has 3 heterocycles. The zero-order valence-corrected chi connectivity index (χ0v) is 14.3. The zero-order chi connectivity index (χ0) is 18.1. The van der Waals surface area contributed by atoms with Crippen LogP contribution in [0, 0.1) is 5.82 Å². The maximum Gasteiger partial charge on any atom is 0.275 e. The first-order valence-corrected chi connectivity index (χ1v) is 8.38. The Balaban J connectivity index is 1.52. The molecule has 0 aliphatic carbocycles. The molecule has 0 saturated carbocycles. The Labute approximate surface area is 151 Å². The van der Waals surface area contributed by atoms with Gasteiger partial charge in [0.1, 0.15) is 29.0 Å². The van der Waals surface area contributed by atoms with Crippen molar-refractivity contribution in [2.24, 2.45) is 7.05 Å². The molecule has 0 aliphatic rings. The minimum Gasteiger partial charge on any atom is -0.321 e. The summed E-state index contributed by atoms with van der Waals surface area (Å²) in [7, 11) is 1.81. The quantitative estimate of drug-likeness (QED) is 0.597. The summed E-state index contributed by atoms with van der Waals surface area (Å²) >= 11 is 1.34. The monoisotopic (exact) mass is 369 g/mol. The maximum atomic E-state index is 14.2. The van der Waals surface area contributed by atoms with Crippen LogP contribution in [0.1, 0.15) is 10.5 Å². The number of hydrogen-bond donors (Lipinski definition) is 1. The van der Waals surface area contributed by atoms with Gasteiger partial charge in [-0.15, -0.1) is 11.3 Å². The molecule has 1 amide bonds. The van der Waals surface area contributed by atoms with Crippen LogP contribution in [0.3, 0.4) is 0 Å². The summed E-state index contributed by atoms with van der Waals surface area (Å²) in [6, 6.07) is 4.33. The molecule has 4 rings (SSSR count). The lowest BCUT2D eigenvalue weighted by molar-refractivity contribution is 0.102. The zero-order valence-electron chi connectivity index (χ0n) is 13.5. The molecular weight excluding hydrogens is 357 g/mol. The van der Waals surface area contributed by atoms with Crippen molar-refractivity contribution in [1.29, 1.82) is 0 Å². The van der Waals surface area contributed by atoms with Gasteiger partial charge in [-0.2, -0.15) is 10.2 Å². The fraction of sp³-hybridized carbons (Fsp3) is 0.0625. The van der Waals surface area contributed by atoms with E-state index in [1.807, 2.05) is 13.2 Å². The lowest BCUT2D eigenvalue weighted by atomic mass is 10.2. The van der Waals surface area contributed by atoms with Crippen LogP contribution in [0.5, 0.6) is 0 Å². The van der Waals surface area contributed by atoms with E-state index in [1.165, 1.54) is 40.8 Å². The SMILES string of the molecule is Cn1cc(-c2nc(C(=O)Nc3ccc(-n4cncn4)c(F)c3)cs2)cn1. The second-order valence-electron chi connectivity index (χ2n) is 5.40. The molecule has 0 saturated heterocycles. The molecule has 4 aromatic rings. The number of anilines is 1. The van der Waals surface area contributed by atoms with Crippen LogP contribution in [-0.2, 0) is 7.05 Å². The van der Waals surface area contributed by atoms with Crippen molar-refractivity contribution in [3.63, 3.8) is 0 Å². The lowest BCUT2D eigenvalue weighted by Gasteiger charge is -2.06. The van der Waals surface area contributed by atoms with Crippen LogP contribution in [0.15, 0.2) is 48.6 Å². The normalized spacial score (nSPS) is 10.8. The summed E-state index contributed by atoms with van der Waals surface area (Å²) in [6.45, 7) is 0. The van der Waals surface area contributed by atoms with Crippen LogP contribution < -0.4 is 5.32 Å². The first-order valence-electron chi connectivity index (χ1n) is 7.50. The third-order valence-corrected chi connectivity index (χ3v) is 4.45. The van der Waals surface area contributed by atoms with Gasteiger partial charge in [0, 0.05) is 29.9 Å². The summed E-state index contributed by atoms with van der Waals surface area (Å²) < 4.78 is 17.2. The van der Waals surface area contributed by atoms with E-state index in [0.717, 1.165) is 5.56 Å². The maximum absolute atomic E-state index is 14.2. The Bertz CT molecular complexity index is 1070. The van der Waals surface area contributed by atoms with E-state index in [1.54, 1.807) is 22.3 Å². The number of amides is 1. The standard InChI is InChI=1S/C16H12FN7OS/c1-23-6-10(5-19-23)16-22-13(7-26-16)15(25)21-11-2-3-14(12(17)4-11)24-9-18-8-20-24/h2-9H,1H3,(H,21,25). The fourth-order valence-electron chi connectivity index (χ4n) is 2.34. The highest BCUT2D eigenvalue weighted by atomic mass is 32.1. The molecule has 0 spiro atoms. The van der Waals surface area contributed by atoms with E-state index < -0.39 is 11.7 Å². The molecule has 130 valence electrons. The third-order valence-electron chi connectivity index (χ3n) is 3.56. The molecule has 0 aliphatic heterocycles. The first-order chi connectivity index (χ1) is 12.6. The van der Waals surface area contributed by atoms with Gasteiger partial charge in [0.05, 0.1) is 6.20 Å². The topological polar surface area (TPSA) is 90.5 Å². The average Bonchev–Trinajstić information content (AvgIpc) is 3.36. The Hall–Kier alpha value is -3.40. The Morgan fingerprint density at radius 1 is 1.31 bits per heavy atom. The molecule has 0 unspecified atom stereocenters. The van der Waals surface area contributed by atoms with Gasteiger partial charge in [-0.1, -0.05) is 0 Å². The van der Waals surface area contributed by atoms with Gasteiger partial charge in [-0.3, -0.25) is 9.48 Å². The van der Waals surface area contributed by atoms with Crippen molar-refractivity contribution in [3.8, 4) is 16.3 Å². The minimum absolute atomic E-state index is 0.244. The number of hydrogen-bond acceptors (Lipinski definition) is 6. The lowest BCUT2D eigenvalue weighted by Crippen LogP contribution is -2.12. The number of aryl methyl sites for hydroxylation is 1. The Morgan fingerprint density at radius 2 is 2.19 bits per heavy atom. The molecule has 1 aromatic carbocycles. The summed E-state index contributed by atoms with van der Waals surface area (Å²) in [4.78, 5) is 20.4. The van der Waals surface area contributed by atoms with Gasteiger partial charge in [-0.05, 0) is 18.2 Å². The van der Waals surface area contributed by atoms with Crippen molar-refractivity contribution in [2.45, 2.75) is 0 Å². The molecule has 26 heavy (non-hydrogen) atoms. The van der Waals surface area contributed by atoms with E-state index in [9.17, 15) is 9.18 Å². The van der Waals surface area contributed by atoms with Gasteiger partial charge < -0.3 is 5.32 Å². The molecule has 0 radical (unpaired) electrons. The number of carbonyl (C=O) groups excluding carboxylic acids is 1. The number of carbonyl (C=O) groups is 1. The number of nitrogens with one attached hydrogen (secondary N) is 1. The van der Waals surface area contributed by atoms with Crippen LogP contribution in [0.2, 0.25) is 0 Å². The van der Waals surface area contributed by atoms with Gasteiger partial charge in [0.15, 0.2) is 5.82 Å². The highest BCUT2D eigenvalue weighted by Gasteiger charge is 2.14. The van der Waals surface area contributed by atoms with E-state index in [0.29, 0.717) is 10.7 Å². The van der Waals surface area contributed by atoms with Gasteiger partial charge in [0.25, 0.3) is 5.91 Å². The van der Waals surface area contributed by atoms with Crippen molar-refractivity contribution in [1.82, 2.24) is 29.5 Å². The van der Waals surface area contributed by atoms with Crippen LogP contribution in [-0.4, -0.2) is 35.4 Å². The highest BCUT2D eigenvalue weighted by molar-refractivity contribution is 7.13. The fourth-order valence-corrected chi connectivity index (χ4v) is 3.12. The molecule has 0 atom stereocenters. The molecular formula is C16H12FN7OS. The smallest absolute Gasteiger partial charge is 0.275 e. The second kappa shape index (κ2) is 6.48. The summed E-state index contributed by atoms with van der Waals surface area (Å²) in [5.74, 6) is -0.938. The largest absolute Gasteiger partial charge is 0.321 e. The predicted octanol–water partition coefficient (Wildman–Crippen LogP) is 2.52. The van der Waals surface area contributed by atoms with Crippen LogP contribution >= 0.6 is 11.3 Å². The number of halogens is 1. The molecule has 10 heteroatoms. The molecule has 8 nitrogen and oxygen atoms in total. The van der Waals surface area contributed by atoms with Crippen molar-refractivity contribution >= 4 is 22.9 Å². The third kappa shape index (κ3) is 3.09.